The SMILES string of the molecule is COc1cc2c(cc1S(=O)(=O)C1CCOCC1)C=CCN2c1n[nH]c2cccc(Cl)c12. The number of benzene rings is 2. The number of halogens is 1. The minimum atomic E-state index is -3.55. The van der Waals surface area contributed by atoms with Crippen LogP contribution in [0.3, 0.4) is 0 Å². The average molecular weight is 460 g/mol. The molecule has 2 aliphatic rings. The molecule has 7 nitrogen and oxygen atoms in total. The van der Waals surface area contributed by atoms with Crippen LogP contribution in [0.1, 0.15) is 18.4 Å². The van der Waals surface area contributed by atoms with Gasteiger partial charge in [-0.15, -0.1) is 0 Å². The Hall–Kier alpha value is -2.55. The molecule has 0 atom stereocenters. The Morgan fingerprint density at radius 3 is 2.84 bits per heavy atom. The highest BCUT2D eigenvalue weighted by molar-refractivity contribution is 7.92. The molecule has 3 heterocycles. The summed E-state index contributed by atoms with van der Waals surface area (Å²) in [6.07, 6.45) is 4.90. The number of nitrogens with one attached hydrogen (secondary N) is 1. The van der Waals surface area contributed by atoms with Crippen LogP contribution in [0.2, 0.25) is 5.02 Å². The third kappa shape index (κ3) is 3.39. The number of ether oxygens (including phenoxy) is 2. The zero-order valence-electron chi connectivity index (χ0n) is 17.0. The fourth-order valence-electron chi connectivity index (χ4n) is 4.27. The van der Waals surface area contributed by atoms with E-state index < -0.39 is 15.1 Å². The molecule has 0 bridgehead atoms. The van der Waals surface area contributed by atoms with Crippen LogP contribution in [0, 0.1) is 0 Å². The Bertz CT molecular complexity index is 1280. The molecule has 0 unspecified atom stereocenters. The second kappa shape index (κ2) is 7.85. The van der Waals surface area contributed by atoms with Gasteiger partial charge in [-0.25, -0.2) is 8.42 Å². The quantitative estimate of drug-likeness (QED) is 0.624. The maximum absolute atomic E-state index is 13.4. The number of fused-ring (bicyclic) bond motifs is 2. The van der Waals surface area contributed by atoms with E-state index in [0.29, 0.717) is 49.2 Å². The van der Waals surface area contributed by atoms with E-state index in [1.54, 1.807) is 12.1 Å². The molecule has 0 spiro atoms. The van der Waals surface area contributed by atoms with E-state index in [9.17, 15) is 8.42 Å². The van der Waals surface area contributed by atoms with E-state index in [2.05, 4.69) is 10.2 Å². The topological polar surface area (TPSA) is 84.5 Å². The smallest absolute Gasteiger partial charge is 0.185 e. The first-order chi connectivity index (χ1) is 15.0. The van der Waals surface area contributed by atoms with Gasteiger partial charge in [-0.1, -0.05) is 29.8 Å². The van der Waals surface area contributed by atoms with E-state index >= 15 is 0 Å². The highest BCUT2D eigenvalue weighted by atomic mass is 35.5. The van der Waals surface area contributed by atoms with Gasteiger partial charge in [0.25, 0.3) is 0 Å². The van der Waals surface area contributed by atoms with E-state index in [-0.39, 0.29) is 4.90 Å². The Morgan fingerprint density at radius 1 is 1.26 bits per heavy atom. The van der Waals surface area contributed by atoms with E-state index in [1.807, 2.05) is 35.3 Å². The van der Waals surface area contributed by atoms with Gasteiger partial charge >= 0.3 is 0 Å². The number of hydrogen-bond acceptors (Lipinski definition) is 6. The normalized spacial score (nSPS) is 17.2. The van der Waals surface area contributed by atoms with Crippen molar-refractivity contribution in [2.24, 2.45) is 0 Å². The fourth-order valence-corrected chi connectivity index (χ4v) is 6.42. The molecule has 31 heavy (non-hydrogen) atoms. The maximum Gasteiger partial charge on any atom is 0.185 e. The summed E-state index contributed by atoms with van der Waals surface area (Å²) in [7, 11) is -2.06. The minimum Gasteiger partial charge on any atom is -0.495 e. The molecular weight excluding hydrogens is 438 g/mol. The predicted molar refractivity (Wildman–Crippen MR) is 121 cm³/mol. The third-order valence-corrected chi connectivity index (χ3v) is 8.47. The van der Waals surface area contributed by atoms with Gasteiger partial charge in [-0.3, -0.25) is 5.10 Å². The lowest BCUT2D eigenvalue weighted by Crippen LogP contribution is -2.29. The van der Waals surface area contributed by atoms with Crippen molar-refractivity contribution in [1.29, 1.82) is 0 Å². The van der Waals surface area contributed by atoms with Crippen LogP contribution in [0.15, 0.2) is 41.3 Å². The van der Waals surface area contributed by atoms with Gasteiger partial charge in [0.1, 0.15) is 10.6 Å². The number of H-pyrrole nitrogens is 1. The number of nitrogens with zero attached hydrogens (tertiary/aromatic N) is 2. The summed E-state index contributed by atoms with van der Waals surface area (Å²) >= 11 is 6.46. The van der Waals surface area contributed by atoms with Gasteiger partial charge in [0.2, 0.25) is 0 Å². The monoisotopic (exact) mass is 459 g/mol. The minimum absolute atomic E-state index is 0.220. The number of aromatic amines is 1. The molecule has 3 aromatic rings. The molecule has 0 aliphatic carbocycles. The van der Waals surface area contributed by atoms with Crippen molar-refractivity contribution < 1.29 is 17.9 Å². The Morgan fingerprint density at radius 2 is 2.06 bits per heavy atom. The summed E-state index contributed by atoms with van der Waals surface area (Å²) in [5, 5.41) is 8.47. The summed E-state index contributed by atoms with van der Waals surface area (Å²) in [4.78, 5) is 2.23. The maximum atomic E-state index is 13.4. The van der Waals surface area contributed by atoms with Crippen LogP contribution in [0.4, 0.5) is 11.5 Å². The van der Waals surface area contributed by atoms with Gasteiger partial charge < -0.3 is 14.4 Å². The number of anilines is 2. The van der Waals surface area contributed by atoms with Crippen LogP contribution < -0.4 is 9.64 Å². The molecular formula is C22H22ClN3O4S. The number of aromatic nitrogens is 2. The molecule has 1 N–H and O–H groups in total. The van der Waals surface area contributed by atoms with Crippen molar-refractivity contribution >= 4 is 49.9 Å². The lowest BCUT2D eigenvalue weighted by atomic mass is 10.1. The van der Waals surface area contributed by atoms with Gasteiger partial charge in [-0.05, 0) is 36.6 Å². The highest BCUT2D eigenvalue weighted by Gasteiger charge is 2.33. The fraction of sp³-hybridized carbons (Fsp3) is 0.318. The van der Waals surface area contributed by atoms with Crippen molar-refractivity contribution in [3.05, 3.63) is 47.0 Å². The van der Waals surface area contributed by atoms with Gasteiger partial charge in [0.05, 0.1) is 34.0 Å². The molecule has 1 aromatic heterocycles. The van der Waals surface area contributed by atoms with Crippen LogP contribution in [0.5, 0.6) is 5.75 Å². The van der Waals surface area contributed by atoms with Gasteiger partial charge in [-0.2, -0.15) is 5.10 Å². The van der Waals surface area contributed by atoms with Gasteiger partial charge in [0.15, 0.2) is 15.7 Å². The molecule has 1 saturated heterocycles. The lowest BCUT2D eigenvalue weighted by molar-refractivity contribution is 0.0983. The number of rotatable bonds is 4. The summed E-state index contributed by atoms with van der Waals surface area (Å²) in [5.74, 6) is 1.02. The standard InChI is InChI=1S/C22H22ClN3O4S/c1-29-19-13-18-14(12-20(19)31(27,28)15-7-10-30-11-8-15)4-3-9-26(18)22-21-16(23)5-2-6-17(21)24-25-22/h2-6,12-13,15H,7-11H2,1H3,(H,24,25). The first-order valence-corrected chi connectivity index (χ1v) is 12.0. The van der Waals surface area contributed by atoms with Crippen LogP contribution in [-0.2, 0) is 14.6 Å². The zero-order valence-corrected chi connectivity index (χ0v) is 18.5. The first kappa shape index (κ1) is 20.4. The van der Waals surface area contributed by atoms with Crippen molar-refractivity contribution in [1.82, 2.24) is 10.2 Å². The van der Waals surface area contributed by atoms with Crippen molar-refractivity contribution in [3.63, 3.8) is 0 Å². The lowest BCUT2D eigenvalue weighted by Gasteiger charge is -2.29. The summed E-state index contributed by atoms with van der Waals surface area (Å²) in [5.41, 5.74) is 2.45. The third-order valence-electron chi connectivity index (χ3n) is 5.88. The molecule has 1 fully saturated rings. The highest BCUT2D eigenvalue weighted by Crippen LogP contribution is 2.42. The Balaban J connectivity index is 1.63. The first-order valence-electron chi connectivity index (χ1n) is 10.1. The van der Waals surface area contributed by atoms with Crippen LogP contribution in [-0.4, -0.2) is 50.7 Å². The number of sulfone groups is 1. The summed E-state index contributed by atoms with van der Waals surface area (Å²) in [6.45, 7) is 1.49. The Kier molecular flexibility index (Phi) is 5.16. The second-order valence-corrected chi connectivity index (χ2v) is 10.2. The molecule has 2 aliphatic heterocycles. The van der Waals surface area contributed by atoms with E-state index in [4.69, 9.17) is 21.1 Å². The molecule has 5 rings (SSSR count). The number of methoxy groups -OCH3 is 1. The molecule has 0 amide bonds. The average Bonchev–Trinajstić information content (AvgIpc) is 3.23. The molecule has 162 valence electrons. The molecule has 9 heteroatoms. The van der Waals surface area contributed by atoms with Gasteiger partial charge in [0, 0.05) is 25.8 Å². The molecule has 0 saturated carbocycles. The van der Waals surface area contributed by atoms with Crippen molar-refractivity contribution in [2.45, 2.75) is 23.0 Å². The van der Waals surface area contributed by atoms with Crippen molar-refractivity contribution in [3.8, 4) is 5.75 Å². The van der Waals surface area contributed by atoms with E-state index in [0.717, 1.165) is 22.2 Å². The van der Waals surface area contributed by atoms with Crippen molar-refractivity contribution in [2.75, 3.05) is 31.8 Å². The summed E-state index contributed by atoms with van der Waals surface area (Å²) < 4.78 is 37.6. The van der Waals surface area contributed by atoms with Crippen LogP contribution in [0.25, 0.3) is 17.0 Å². The largest absolute Gasteiger partial charge is 0.495 e. The number of hydrogen-bond donors (Lipinski definition) is 1. The predicted octanol–water partition coefficient (Wildman–Crippen LogP) is 4.34. The summed E-state index contributed by atoms with van der Waals surface area (Å²) in [6, 6.07) is 9.10. The molecule has 2 aromatic carbocycles. The molecule has 0 radical (unpaired) electrons. The Labute approximate surface area is 185 Å². The van der Waals surface area contributed by atoms with Crippen LogP contribution >= 0.6 is 11.6 Å². The zero-order chi connectivity index (χ0) is 21.6. The van der Waals surface area contributed by atoms with E-state index in [1.165, 1.54) is 7.11 Å². The second-order valence-electron chi connectivity index (χ2n) is 7.64.